The molecule has 0 aliphatic rings. The van der Waals surface area contributed by atoms with Gasteiger partial charge in [-0.25, -0.2) is 0 Å². The van der Waals surface area contributed by atoms with Gasteiger partial charge in [0.15, 0.2) is 0 Å². The summed E-state index contributed by atoms with van der Waals surface area (Å²) in [7, 11) is -0.744. The van der Waals surface area contributed by atoms with Crippen LogP contribution >= 0.6 is 11.6 Å². The molecule has 0 aliphatic heterocycles. The molecule has 0 aliphatic carbocycles. The molecule has 2 unspecified atom stereocenters. The highest BCUT2D eigenvalue weighted by molar-refractivity contribution is 7.84. The Balaban J connectivity index is 2.03. The number of ether oxygens (including phenoxy) is 1. The van der Waals surface area contributed by atoms with Crippen LogP contribution in [-0.4, -0.2) is 47.1 Å². The van der Waals surface area contributed by atoms with E-state index in [1.807, 2.05) is 24.3 Å². The summed E-state index contributed by atoms with van der Waals surface area (Å²) in [5, 5.41) is 13.5. The van der Waals surface area contributed by atoms with E-state index < -0.39 is 16.9 Å². The van der Waals surface area contributed by atoms with Crippen LogP contribution in [0.4, 0.5) is 0 Å². The molecule has 0 bridgehead atoms. The van der Waals surface area contributed by atoms with Crippen LogP contribution in [-0.2, 0) is 22.1 Å². The molecule has 0 fully saturated rings. The molecule has 0 saturated carbocycles. The monoisotopic (exact) mass is 319 g/mol. The van der Waals surface area contributed by atoms with Crippen LogP contribution in [0.1, 0.15) is 12.0 Å². The lowest BCUT2D eigenvalue weighted by molar-refractivity contribution is 0.0290. The van der Waals surface area contributed by atoms with Gasteiger partial charge in [-0.1, -0.05) is 23.7 Å². The number of hydrogen-bond acceptors (Lipinski definition) is 4. The number of aliphatic hydroxyl groups excluding tert-OH is 1. The SMILES string of the molecule is CS(=O)CCCNCC(O)COCc1ccc(Cl)cc1. The van der Waals surface area contributed by atoms with Crippen molar-refractivity contribution in [3.8, 4) is 0 Å². The average molecular weight is 320 g/mol. The van der Waals surface area contributed by atoms with Crippen molar-refractivity contribution in [3.63, 3.8) is 0 Å². The lowest BCUT2D eigenvalue weighted by atomic mass is 10.2. The molecule has 114 valence electrons. The number of halogens is 1. The fourth-order valence-corrected chi connectivity index (χ4v) is 2.30. The Morgan fingerprint density at radius 1 is 1.40 bits per heavy atom. The molecular formula is C14H22ClNO3S. The molecular weight excluding hydrogens is 298 g/mol. The van der Waals surface area contributed by atoms with Crippen LogP contribution in [0.25, 0.3) is 0 Å². The number of aliphatic hydroxyl groups is 1. The van der Waals surface area contributed by atoms with Gasteiger partial charge in [0.1, 0.15) is 0 Å². The van der Waals surface area contributed by atoms with Crippen molar-refractivity contribution in [3.05, 3.63) is 34.9 Å². The smallest absolute Gasteiger partial charge is 0.0897 e. The van der Waals surface area contributed by atoms with Crippen LogP contribution < -0.4 is 5.32 Å². The Morgan fingerprint density at radius 2 is 2.10 bits per heavy atom. The molecule has 1 rings (SSSR count). The van der Waals surface area contributed by atoms with Gasteiger partial charge in [0.25, 0.3) is 0 Å². The fourth-order valence-electron chi connectivity index (χ4n) is 1.62. The second kappa shape index (κ2) is 10.3. The Labute approximate surface area is 127 Å². The first kappa shape index (κ1) is 17.6. The zero-order valence-corrected chi connectivity index (χ0v) is 13.3. The Hall–Kier alpha value is -0.460. The van der Waals surface area contributed by atoms with E-state index in [1.54, 1.807) is 6.26 Å². The van der Waals surface area contributed by atoms with Gasteiger partial charge < -0.3 is 15.2 Å². The van der Waals surface area contributed by atoms with Crippen molar-refractivity contribution in [1.82, 2.24) is 5.32 Å². The highest BCUT2D eigenvalue weighted by Crippen LogP contribution is 2.10. The standard InChI is InChI=1S/C14H22ClNO3S/c1-20(18)8-2-7-16-9-14(17)11-19-10-12-3-5-13(15)6-4-12/h3-6,14,16-17H,2,7-11H2,1H3. The Kier molecular flexibility index (Phi) is 9.05. The Morgan fingerprint density at radius 3 is 2.75 bits per heavy atom. The maximum Gasteiger partial charge on any atom is 0.0897 e. The first-order valence-electron chi connectivity index (χ1n) is 6.59. The van der Waals surface area contributed by atoms with Gasteiger partial charge in [-0.2, -0.15) is 0 Å². The molecule has 2 N–H and O–H groups in total. The van der Waals surface area contributed by atoms with Gasteiger partial charge in [0.2, 0.25) is 0 Å². The van der Waals surface area contributed by atoms with Crippen LogP contribution in [0, 0.1) is 0 Å². The largest absolute Gasteiger partial charge is 0.389 e. The van der Waals surface area contributed by atoms with Crippen LogP contribution in [0.5, 0.6) is 0 Å². The molecule has 0 radical (unpaired) electrons. The predicted molar refractivity (Wildman–Crippen MR) is 83.5 cm³/mol. The minimum Gasteiger partial charge on any atom is -0.389 e. The predicted octanol–water partition coefficient (Wildman–Crippen LogP) is 1.58. The summed E-state index contributed by atoms with van der Waals surface area (Å²) >= 11 is 5.79. The molecule has 6 heteroatoms. The quantitative estimate of drug-likeness (QED) is 0.643. The van der Waals surface area contributed by atoms with E-state index in [2.05, 4.69) is 5.32 Å². The van der Waals surface area contributed by atoms with Gasteiger partial charge in [-0.05, 0) is 30.7 Å². The number of benzene rings is 1. The summed E-state index contributed by atoms with van der Waals surface area (Å²) in [5.74, 6) is 0.691. The van der Waals surface area contributed by atoms with Crippen molar-refractivity contribution < 1.29 is 14.1 Å². The summed E-state index contributed by atoms with van der Waals surface area (Å²) in [4.78, 5) is 0. The molecule has 2 atom stereocenters. The van der Waals surface area contributed by atoms with E-state index in [4.69, 9.17) is 16.3 Å². The van der Waals surface area contributed by atoms with Gasteiger partial charge in [0, 0.05) is 34.4 Å². The van der Waals surface area contributed by atoms with E-state index in [0.29, 0.717) is 23.9 Å². The van der Waals surface area contributed by atoms with E-state index >= 15 is 0 Å². The van der Waals surface area contributed by atoms with Crippen LogP contribution in [0.3, 0.4) is 0 Å². The maximum absolute atomic E-state index is 10.8. The average Bonchev–Trinajstić information content (AvgIpc) is 2.40. The van der Waals surface area contributed by atoms with E-state index in [9.17, 15) is 9.32 Å². The molecule has 1 aromatic rings. The first-order valence-corrected chi connectivity index (χ1v) is 8.69. The number of nitrogens with one attached hydrogen (secondary N) is 1. The van der Waals surface area contributed by atoms with Crippen molar-refractivity contribution in [1.29, 1.82) is 0 Å². The summed E-state index contributed by atoms with van der Waals surface area (Å²) in [6.45, 7) is 1.99. The van der Waals surface area contributed by atoms with Gasteiger partial charge in [-0.15, -0.1) is 0 Å². The number of hydrogen-bond donors (Lipinski definition) is 2. The summed E-state index contributed by atoms with van der Waals surface area (Å²) in [5.41, 5.74) is 1.03. The van der Waals surface area contributed by atoms with Gasteiger partial charge in [-0.3, -0.25) is 4.21 Å². The molecule has 1 aromatic carbocycles. The third-order valence-corrected chi connectivity index (χ3v) is 3.77. The van der Waals surface area contributed by atoms with Gasteiger partial charge in [0.05, 0.1) is 19.3 Å². The maximum atomic E-state index is 10.8. The van der Waals surface area contributed by atoms with Crippen molar-refractivity contribution in [2.24, 2.45) is 0 Å². The number of rotatable bonds is 10. The normalized spacial score (nSPS) is 14.2. The van der Waals surface area contributed by atoms with Crippen molar-refractivity contribution in [2.45, 2.75) is 19.1 Å². The highest BCUT2D eigenvalue weighted by Gasteiger charge is 2.04. The lowest BCUT2D eigenvalue weighted by Crippen LogP contribution is -2.31. The topological polar surface area (TPSA) is 58.6 Å². The van der Waals surface area contributed by atoms with Gasteiger partial charge >= 0.3 is 0 Å². The second-order valence-corrected chi connectivity index (χ2v) is 6.62. The molecule has 0 heterocycles. The lowest BCUT2D eigenvalue weighted by Gasteiger charge is -2.12. The van der Waals surface area contributed by atoms with E-state index in [0.717, 1.165) is 18.5 Å². The summed E-state index contributed by atoms with van der Waals surface area (Å²) < 4.78 is 16.3. The summed E-state index contributed by atoms with van der Waals surface area (Å²) in [6.07, 6.45) is 2.01. The zero-order chi connectivity index (χ0) is 14.8. The van der Waals surface area contributed by atoms with E-state index in [-0.39, 0.29) is 6.61 Å². The molecule has 0 saturated heterocycles. The molecule has 0 aromatic heterocycles. The molecule has 20 heavy (non-hydrogen) atoms. The summed E-state index contributed by atoms with van der Waals surface area (Å²) in [6, 6.07) is 7.43. The minimum absolute atomic E-state index is 0.287. The molecule has 0 spiro atoms. The van der Waals surface area contributed by atoms with E-state index in [1.165, 1.54) is 0 Å². The fraction of sp³-hybridized carbons (Fsp3) is 0.571. The first-order chi connectivity index (χ1) is 9.58. The van der Waals surface area contributed by atoms with Crippen molar-refractivity contribution in [2.75, 3.05) is 31.7 Å². The molecule has 0 amide bonds. The highest BCUT2D eigenvalue weighted by atomic mass is 35.5. The van der Waals surface area contributed by atoms with Crippen molar-refractivity contribution >= 4 is 22.4 Å². The van der Waals surface area contributed by atoms with Crippen LogP contribution in [0.2, 0.25) is 5.02 Å². The third-order valence-electron chi connectivity index (χ3n) is 2.66. The zero-order valence-electron chi connectivity index (χ0n) is 11.7. The second-order valence-electron chi connectivity index (χ2n) is 4.63. The third kappa shape index (κ3) is 8.66. The molecule has 4 nitrogen and oxygen atoms in total. The Bertz CT molecular complexity index is 400. The van der Waals surface area contributed by atoms with Crippen LogP contribution in [0.15, 0.2) is 24.3 Å². The minimum atomic E-state index is -0.744.